The maximum atomic E-state index is 9.63. The van der Waals surface area contributed by atoms with Crippen molar-refractivity contribution in [1.82, 2.24) is 10.6 Å². The highest BCUT2D eigenvalue weighted by atomic mass is 35.5. The van der Waals surface area contributed by atoms with Gasteiger partial charge in [-0.3, -0.25) is 0 Å². The zero-order valence-corrected chi connectivity index (χ0v) is 11.5. The molecule has 4 heteroatoms. The molecule has 0 bridgehead atoms. The Morgan fingerprint density at radius 3 is 2.53 bits per heavy atom. The molecule has 1 aliphatic carbocycles. The van der Waals surface area contributed by atoms with Gasteiger partial charge >= 0.3 is 0 Å². The molecule has 2 atom stereocenters. The number of halogens is 1. The molecule has 3 N–H and O–H groups in total. The maximum absolute atomic E-state index is 9.63. The van der Waals surface area contributed by atoms with Gasteiger partial charge in [-0.1, -0.05) is 32.1 Å². The third-order valence-electron chi connectivity index (χ3n) is 4.16. The zero-order chi connectivity index (χ0) is 11.2. The van der Waals surface area contributed by atoms with Crippen LogP contribution in [0.3, 0.4) is 0 Å². The van der Waals surface area contributed by atoms with Crippen molar-refractivity contribution in [3.63, 3.8) is 0 Å². The Balaban J connectivity index is 0.00000144. The molecule has 1 saturated carbocycles. The van der Waals surface area contributed by atoms with E-state index in [1.54, 1.807) is 0 Å². The molecule has 1 heterocycles. The van der Waals surface area contributed by atoms with Crippen LogP contribution in [0.1, 0.15) is 38.5 Å². The summed E-state index contributed by atoms with van der Waals surface area (Å²) < 4.78 is 0. The van der Waals surface area contributed by atoms with Gasteiger partial charge in [-0.2, -0.15) is 0 Å². The molecule has 0 amide bonds. The summed E-state index contributed by atoms with van der Waals surface area (Å²) in [6.07, 6.45) is 8.40. The molecule has 17 heavy (non-hydrogen) atoms. The van der Waals surface area contributed by atoms with Gasteiger partial charge in [0.25, 0.3) is 0 Å². The molecular formula is C13H27ClN2O. The zero-order valence-electron chi connectivity index (χ0n) is 10.7. The molecule has 2 aliphatic rings. The van der Waals surface area contributed by atoms with E-state index >= 15 is 0 Å². The van der Waals surface area contributed by atoms with Gasteiger partial charge in [0.05, 0.1) is 6.10 Å². The summed E-state index contributed by atoms with van der Waals surface area (Å²) in [6, 6.07) is 0. The van der Waals surface area contributed by atoms with E-state index < -0.39 is 0 Å². The van der Waals surface area contributed by atoms with E-state index in [-0.39, 0.29) is 18.5 Å². The molecule has 0 spiro atoms. The van der Waals surface area contributed by atoms with Gasteiger partial charge in [0.1, 0.15) is 0 Å². The summed E-state index contributed by atoms with van der Waals surface area (Å²) in [5.74, 6) is 1.39. The minimum absolute atomic E-state index is 0. The number of rotatable bonds is 5. The average molecular weight is 263 g/mol. The molecule has 0 radical (unpaired) electrons. The SMILES string of the molecule is Cl.OC1CNCC1CNCCC1CCCCC1. The maximum Gasteiger partial charge on any atom is 0.0716 e. The Kier molecular flexibility index (Phi) is 7.44. The number of β-amino-alcohol motifs (C(OH)–C–C–N with tert-alkyl or cyclic N) is 1. The van der Waals surface area contributed by atoms with Crippen LogP contribution < -0.4 is 10.6 Å². The van der Waals surface area contributed by atoms with Crippen LogP contribution >= 0.6 is 12.4 Å². The Morgan fingerprint density at radius 2 is 1.88 bits per heavy atom. The first-order chi connectivity index (χ1) is 7.86. The molecule has 1 aliphatic heterocycles. The van der Waals surface area contributed by atoms with Gasteiger partial charge in [0.15, 0.2) is 0 Å². The lowest BCUT2D eigenvalue weighted by atomic mass is 9.87. The van der Waals surface area contributed by atoms with Crippen LogP contribution in [-0.4, -0.2) is 37.4 Å². The second-order valence-corrected chi connectivity index (χ2v) is 5.48. The fourth-order valence-electron chi connectivity index (χ4n) is 3.00. The second-order valence-electron chi connectivity index (χ2n) is 5.48. The first-order valence-corrected chi connectivity index (χ1v) is 6.96. The van der Waals surface area contributed by atoms with Crippen LogP contribution in [0.2, 0.25) is 0 Å². The van der Waals surface area contributed by atoms with Crippen LogP contribution in [0.5, 0.6) is 0 Å². The van der Waals surface area contributed by atoms with Crippen molar-refractivity contribution in [2.24, 2.45) is 11.8 Å². The molecule has 2 unspecified atom stereocenters. The number of aliphatic hydroxyl groups is 1. The van der Waals surface area contributed by atoms with Crippen LogP contribution in [0.4, 0.5) is 0 Å². The van der Waals surface area contributed by atoms with Gasteiger partial charge in [0.2, 0.25) is 0 Å². The molecule has 0 aromatic carbocycles. The van der Waals surface area contributed by atoms with Crippen LogP contribution in [0.25, 0.3) is 0 Å². The van der Waals surface area contributed by atoms with E-state index in [2.05, 4.69) is 10.6 Å². The molecule has 102 valence electrons. The summed E-state index contributed by atoms with van der Waals surface area (Å²) >= 11 is 0. The highest BCUT2D eigenvalue weighted by Crippen LogP contribution is 2.25. The summed E-state index contributed by atoms with van der Waals surface area (Å²) in [5, 5.41) is 16.4. The molecule has 2 fully saturated rings. The van der Waals surface area contributed by atoms with Crippen LogP contribution in [-0.2, 0) is 0 Å². The van der Waals surface area contributed by atoms with E-state index in [0.717, 1.165) is 32.1 Å². The van der Waals surface area contributed by atoms with Gasteiger partial charge in [-0.25, -0.2) is 0 Å². The number of hydrogen-bond acceptors (Lipinski definition) is 3. The van der Waals surface area contributed by atoms with Gasteiger partial charge in [-0.15, -0.1) is 12.4 Å². The Labute approximate surface area is 111 Å². The predicted octanol–water partition coefficient (Wildman–Crippen LogP) is 1.55. The monoisotopic (exact) mass is 262 g/mol. The molecular weight excluding hydrogens is 236 g/mol. The summed E-state index contributed by atoms with van der Waals surface area (Å²) in [7, 11) is 0. The lowest BCUT2D eigenvalue weighted by Crippen LogP contribution is -2.31. The fraction of sp³-hybridized carbons (Fsp3) is 1.00. The molecule has 2 rings (SSSR count). The first kappa shape index (κ1) is 15.2. The topological polar surface area (TPSA) is 44.3 Å². The van der Waals surface area contributed by atoms with Crippen molar-refractivity contribution < 1.29 is 5.11 Å². The van der Waals surface area contributed by atoms with Crippen molar-refractivity contribution >= 4 is 12.4 Å². The molecule has 0 aromatic rings. The van der Waals surface area contributed by atoms with Crippen molar-refractivity contribution in [2.75, 3.05) is 26.2 Å². The quantitative estimate of drug-likeness (QED) is 0.659. The Morgan fingerprint density at radius 1 is 1.12 bits per heavy atom. The average Bonchev–Trinajstić information content (AvgIpc) is 2.72. The summed E-state index contributed by atoms with van der Waals surface area (Å²) in [6.45, 7) is 3.85. The predicted molar refractivity (Wildman–Crippen MR) is 73.7 cm³/mol. The lowest BCUT2D eigenvalue weighted by Gasteiger charge is -2.22. The Bertz CT molecular complexity index is 198. The van der Waals surface area contributed by atoms with Gasteiger partial charge in [-0.05, 0) is 18.9 Å². The van der Waals surface area contributed by atoms with Crippen LogP contribution in [0, 0.1) is 11.8 Å². The van der Waals surface area contributed by atoms with E-state index in [0.29, 0.717) is 5.92 Å². The number of nitrogens with one attached hydrogen (secondary N) is 2. The highest BCUT2D eigenvalue weighted by molar-refractivity contribution is 5.85. The third kappa shape index (κ3) is 5.12. The standard InChI is InChI=1S/C13H26N2O.ClH/c16-13-10-15-9-12(13)8-14-7-6-11-4-2-1-3-5-11;/h11-16H,1-10H2;1H. The minimum atomic E-state index is -0.137. The largest absolute Gasteiger partial charge is 0.391 e. The highest BCUT2D eigenvalue weighted by Gasteiger charge is 2.24. The van der Waals surface area contributed by atoms with E-state index in [4.69, 9.17) is 0 Å². The molecule has 0 aromatic heterocycles. The Hall–Kier alpha value is 0.170. The third-order valence-corrected chi connectivity index (χ3v) is 4.16. The van der Waals surface area contributed by atoms with E-state index in [9.17, 15) is 5.11 Å². The van der Waals surface area contributed by atoms with Gasteiger partial charge in [0, 0.05) is 25.6 Å². The van der Waals surface area contributed by atoms with Crippen molar-refractivity contribution in [3.8, 4) is 0 Å². The number of hydrogen-bond donors (Lipinski definition) is 3. The van der Waals surface area contributed by atoms with Crippen molar-refractivity contribution in [3.05, 3.63) is 0 Å². The minimum Gasteiger partial charge on any atom is -0.391 e. The normalized spacial score (nSPS) is 30.2. The van der Waals surface area contributed by atoms with Crippen molar-refractivity contribution in [2.45, 2.75) is 44.6 Å². The molecule has 1 saturated heterocycles. The lowest BCUT2D eigenvalue weighted by molar-refractivity contribution is 0.146. The van der Waals surface area contributed by atoms with Gasteiger partial charge < -0.3 is 15.7 Å². The fourth-order valence-corrected chi connectivity index (χ4v) is 3.00. The number of aliphatic hydroxyl groups excluding tert-OH is 1. The first-order valence-electron chi connectivity index (χ1n) is 6.96. The van der Waals surface area contributed by atoms with Crippen LogP contribution in [0.15, 0.2) is 0 Å². The molecule has 3 nitrogen and oxygen atoms in total. The smallest absolute Gasteiger partial charge is 0.0716 e. The van der Waals surface area contributed by atoms with E-state index in [1.807, 2.05) is 0 Å². The summed E-state index contributed by atoms with van der Waals surface area (Å²) in [4.78, 5) is 0. The second kappa shape index (κ2) is 8.30. The van der Waals surface area contributed by atoms with Crippen molar-refractivity contribution in [1.29, 1.82) is 0 Å². The summed E-state index contributed by atoms with van der Waals surface area (Å²) in [5.41, 5.74) is 0. The van der Waals surface area contributed by atoms with E-state index in [1.165, 1.54) is 38.5 Å².